The molecule has 0 radical (unpaired) electrons. The molecule has 0 spiro atoms. The Morgan fingerprint density at radius 2 is 2.29 bits per heavy atom. The SMILES string of the molecule is C=CNC1=NC=C/C1=C(/C)c1cnn([C@@H](CC#N)[C@H]2CCN(c3nccc(SC)c3C#N)C2)c1. The smallest absolute Gasteiger partial charge is 0.147 e. The molecule has 0 amide bonds. The molecule has 2 aromatic rings. The summed E-state index contributed by atoms with van der Waals surface area (Å²) in [4.78, 5) is 11.9. The Hall–Kier alpha value is -3.82. The number of nitrogens with one attached hydrogen (secondary N) is 1. The van der Waals surface area contributed by atoms with Crippen molar-refractivity contribution in [2.45, 2.75) is 30.7 Å². The first-order valence-electron chi connectivity index (χ1n) is 11.0. The van der Waals surface area contributed by atoms with E-state index in [1.807, 2.05) is 42.4 Å². The van der Waals surface area contributed by atoms with E-state index in [0.717, 1.165) is 52.8 Å². The first kappa shape index (κ1) is 23.3. The normalized spacial score (nSPS) is 19.4. The van der Waals surface area contributed by atoms with E-state index in [2.05, 4.69) is 44.0 Å². The minimum Gasteiger partial charge on any atom is -0.355 e. The first-order valence-corrected chi connectivity index (χ1v) is 12.3. The number of thioether (sulfide) groups is 1. The Balaban J connectivity index is 1.57. The standard InChI is InChI=1S/C25H26N8S/c1-4-28-24-20(6-10-29-24)17(2)19-14-31-33(16-19)22(5-9-26)18-8-12-32(15-18)25-21(13-27)23(34-3)7-11-30-25/h4,6-7,10-11,14,16,18,22H,1,5,8,12,15H2,2-3H3,(H,28,29)/b20-17+/t18-,22-/m0/s1. The van der Waals surface area contributed by atoms with Crippen molar-refractivity contribution in [2.75, 3.05) is 24.2 Å². The molecule has 8 nitrogen and oxygen atoms in total. The summed E-state index contributed by atoms with van der Waals surface area (Å²) in [6, 6.07) is 6.48. The molecule has 0 aromatic carbocycles. The van der Waals surface area contributed by atoms with E-state index in [1.54, 1.807) is 30.4 Å². The van der Waals surface area contributed by atoms with Crippen molar-refractivity contribution in [2.24, 2.45) is 10.9 Å². The van der Waals surface area contributed by atoms with E-state index >= 15 is 0 Å². The van der Waals surface area contributed by atoms with Crippen molar-refractivity contribution in [1.29, 1.82) is 10.5 Å². The summed E-state index contributed by atoms with van der Waals surface area (Å²) in [5.41, 5.74) is 3.64. The molecule has 1 N–H and O–H groups in total. The maximum Gasteiger partial charge on any atom is 0.147 e. The quantitative estimate of drug-likeness (QED) is 0.602. The molecule has 0 unspecified atom stereocenters. The van der Waals surface area contributed by atoms with Crippen LogP contribution in [0.5, 0.6) is 0 Å². The van der Waals surface area contributed by atoms with Gasteiger partial charge in [-0.25, -0.2) is 9.98 Å². The van der Waals surface area contributed by atoms with Crippen molar-refractivity contribution in [3.8, 4) is 12.1 Å². The van der Waals surface area contributed by atoms with Gasteiger partial charge in [0.1, 0.15) is 23.3 Å². The summed E-state index contributed by atoms with van der Waals surface area (Å²) in [5, 5.41) is 27.0. The molecule has 1 fully saturated rings. The van der Waals surface area contributed by atoms with Crippen LogP contribution in [0.25, 0.3) is 5.57 Å². The number of amidine groups is 1. The number of rotatable bonds is 7. The lowest BCUT2D eigenvalue weighted by atomic mass is 9.96. The molecule has 2 aromatic heterocycles. The van der Waals surface area contributed by atoms with Crippen molar-refractivity contribution >= 4 is 29.0 Å². The fraction of sp³-hybridized carbons (Fsp3) is 0.320. The number of aromatic nitrogens is 3. The number of allylic oxidation sites excluding steroid dienone is 1. The van der Waals surface area contributed by atoms with Crippen LogP contribution in [0.1, 0.15) is 36.9 Å². The van der Waals surface area contributed by atoms with Gasteiger partial charge in [0.15, 0.2) is 0 Å². The van der Waals surface area contributed by atoms with Crippen LogP contribution in [0.15, 0.2) is 65.2 Å². The van der Waals surface area contributed by atoms with Crippen LogP contribution in [0.2, 0.25) is 0 Å². The summed E-state index contributed by atoms with van der Waals surface area (Å²) in [6.07, 6.45) is 14.2. The van der Waals surface area contributed by atoms with Gasteiger partial charge in [-0.1, -0.05) is 6.58 Å². The van der Waals surface area contributed by atoms with Gasteiger partial charge in [-0.2, -0.15) is 15.6 Å². The van der Waals surface area contributed by atoms with E-state index in [1.165, 1.54) is 0 Å². The lowest BCUT2D eigenvalue weighted by Crippen LogP contribution is -2.26. The van der Waals surface area contributed by atoms with Crippen molar-refractivity contribution in [1.82, 2.24) is 20.1 Å². The molecule has 34 heavy (non-hydrogen) atoms. The largest absolute Gasteiger partial charge is 0.355 e. The van der Waals surface area contributed by atoms with Gasteiger partial charge in [-0.3, -0.25) is 4.68 Å². The second kappa shape index (κ2) is 10.4. The van der Waals surface area contributed by atoms with Gasteiger partial charge in [0.05, 0.1) is 24.7 Å². The number of hydrogen-bond acceptors (Lipinski definition) is 8. The summed E-state index contributed by atoms with van der Waals surface area (Å²) in [7, 11) is 0. The second-order valence-electron chi connectivity index (χ2n) is 8.14. The van der Waals surface area contributed by atoms with Crippen molar-refractivity contribution < 1.29 is 0 Å². The predicted octanol–water partition coefficient (Wildman–Crippen LogP) is 4.29. The van der Waals surface area contributed by atoms with E-state index in [4.69, 9.17) is 0 Å². The van der Waals surface area contributed by atoms with Crippen LogP contribution >= 0.6 is 11.8 Å². The number of hydrogen-bond donors (Lipinski definition) is 1. The van der Waals surface area contributed by atoms with E-state index in [0.29, 0.717) is 12.0 Å². The zero-order chi connectivity index (χ0) is 24.1. The van der Waals surface area contributed by atoms with Gasteiger partial charge in [0, 0.05) is 53.6 Å². The molecule has 1 saturated heterocycles. The van der Waals surface area contributed by atoms with Crippen LogP contribution in [0, 0.1) is 28.6 Å². The molecule has 172 valence electrons. The topological polar surface area (TPSA) is 106 Å². The minimum absolute atomic E-state index is 0.0608. The average molecular weight is 471 g/mol. The molecule has 2 aliphatic rings. The first-order chi connectivity index (χ1) is 16.6. The molecule has 0 aliphatic carbocycles. The number of anilines is 1. The highest BCUT2D eigenvalue weighted by Gasteiger charge is 2.33. The third kappa shape index (κ3) is 4.48. The monoisotopic (exact) mass is 470 g/mol. The molecular formula is C25H26N8S. The number of pyridine rings is 1. The Bertz CT molecular complexity index is 1260. The lowest BCUT2D eigenvalue weighted by Gasteiger charge is -2.23. The Morgan fingerprint density at radius 3 is 3.03 bits per heavy atom. The second-order valence-corrected chi connectivity index (χ2v) is 8.99. The van der Waals surface area contributed by atoms with E-state index in [9.17, 15) is 10.5 Å². The van der Waals surface area contributed by atoms with Gasteiger partial charge >= 0.3 is 0 Å². The number of aliphatic imine (C=N–C) groups is 1. The van der Waals surface area contributed by atoms with Gasteiger partial charge in [0.2, 0.25) is 0 Å². The number of nitriles is 2. The molecule has 9 heteroatoms. The Morgan fingerprint density at radius 1 is 1.44 bits per heavy atom. The molecule has 2 atom stereocenters. The van der Waals surface area contributed by atoms with E-state index in [-0.39, 0.29) is 12.0 Å². The molecular weight excluding hydrogens is 444 g/mol. The number of nitrogens with zero attached hydrogens (tertiary/aromatic N) is 7. The Labute approximate surface area is 204 Å². The fourth-order valence-electron chi connectivity index (χ4n) is 4.53. The van der Waals surface area contributed by atoms with Crippen molar-refractivity contribution in [3.63, 3.8) is 0 Å². The van der Waals surface area contributed by atoms with Crippen LogP contribution in [0.3, 0.4) is 0 Å². The van der Waals surface area contributed by atoms with E-state index < -0.39 is 0 Å². The fourth-order valence-corrected chi connectivity index (χ4v) is 5.07. The summed E-state index contributed by atoms with van der Waals surface area (Å²) in [5.74, 6) is 1.70. The lowest BCUT2D eigenvalue weighted by molar-refractivity contribution is 0.331. The summed E-state index contributed by atoms with van der Waals surface area (Å²) in [6.45, 7) is 7.27. The third-order valence-electron chi connectivity index (χ3n) is 6.31. The maximum absolute atomic E-state index is 9.71. The predicted molar refractivity (Wildman–Crippen MR) is 135 cm³/mol. The van der Waals surface area contributed by atoms with Crippen molar-refractivity contribution in [3.05, 3.63) is 66.4 Å². The average Bonchev–Trinajstić information content (AvgIpc) is 3.63. The highest BCUT2D eigenvalue weighted by atomic mass is 32.2. The molecule has 4 rings (SSSR count). The highest BCUT2D eigenvalue weighted by molar-refractivity contribution is 7.98. The van der Waals surface area contributed by atoms with Crippen LogP contribution in [0.4, 0.5) is 5.82 Å². The molecule has 0 bridgehead atoms. The molecule has 0 saturated carbocycles. The Kier molecular flexibility index (Phi) is 7.15. The highest BCUT2D eigenvalue weighted by Crippen LogP contribution is 2.35. The van der Waals surface area contributed by atoms with Gasteiger partial charge in [-0.15, -0.1) is 11.8 Å². The summed E-state index contributed by atoms with van der Waals surface area (Å²) >= 11 is 1.55. The van der Waals surface area contributed by atoms with Crippen LogP contribution in [-0.2, 0) is 0 Å². The van der Waals surface area contributed by atoms with Crippen LogP contribution < -0.4 is 10.2 Å². The summed E-state index contributed by atoms with van der Waals surface area (Å²) < 4.78 is 1.92. The third-order valence-corrected chi connectivity index (χ3v) is 7.09. The van der Waals surface area contributed by atoms with Crippen LogP contribution in [-0.4, -0.2) is 39.9 Å². The van der Waals surface area contributed by atoms with Gasteiger partial charge in [0.25, 0.3) is 0 Å². The van der Waals surface area contributed by atoms with Gasteiger partial charge in [-0.05, 0) is 43.5 Å². The maximum atomic E-state index is 9.71. The zero-order valence-electron chi connectivity index (χ0n) is 19.3. The van der Waals surface area contributed by atoms with Gasteiger partial charge < -0.3 is 10.2 Å². The molecule has 4 heterocycles. The minimum atomic E-state index is -0.0608. The zero-order valence-corrected chi connectivity index (χ0v) is 20.1. The molecule has 2 aliphatic heterocycles.